The number of aromatic nitrogens is 3. The van der Waals surface area contributed by atoms with E-state index in [1.165, 1.54) is 0 Å². The van der Waals surface area contributed by atoms with Gasteiger partial charge >= 0.3 is 0 Å². The molecule has 31 heavy (non-hydrogen) atoms. The van der Waals surface area contributed by atoms with Crippen molar-refractivity contribution < 1.29 is 9.32 Å². The van der Waals surface area contributed by atoms with Crippen molar-refractivity contribution in [2.24, 2.45) is 0 Å². The fourth-order valence-electron chi connectivity index (χ4n) is 3.25. The number of nitrogens with zero attached hydrogens (tertiary/aromatic N) is 3. The number of rotatable bonds is 7. The molecular formula is C23H20Cl2N4O2. The molecule has 0 aliphatic heterocycles. The zero-order valence-electron chi connectivity index (χ0n) is 16.8. The Balaban J connectivity index is 1.34. The summed E-state index contributed by atoms with van der Waals surface area (Å²) in [5.74, 6) is 1.47. The van der Waals surface area contributed by atoms with Crippen molar-refractivity contribution in [3.63, 3.8) is 0 Å². The first kappa shape index (κ1) is 21.2. The van der Waals surface area contributed by atoms with E-state index in [1.54, 1.807) is 24.5 Å². The molecule has 0 saturated carbocycles. The molecule has 8 heteroatoms. The molecule has 0 aliphatic rings. The van der Waals surface area contributed by atoms with E-state index in [9.17, 15) is 4.79 Å². The van der Waals surface area contributed by atoms with Crippen LogP contribution in [0.3, 0.4) is 0 Å². The largest absolute Gasteiger partial charge is 0.356 e. The van der Waals surface area contributed by atoms with Crippen LogP contribution in [-0.4, -0.2) is 20.6 Å². The van der Waals surface area contributed by atoms with Crippen LogP contribution >= 0.6 is 23.2 Å². The van der Waals surface area contributed by atoms with Gasteiger partial charge < -0.3 is 14.4 Å². The minimum atomic E-state index is -0.0838. The molecule has 0 aliphatic carbocycles. The number of benzene rings is 2. The van der Waals surface area contributed by atoms with Crippen LogP contribution in [0.5, 0.6) is 0 Å². The Morgan fingerprint density at radius 2 is 1.94 bits per heavy atom. The normalized spacial score (nSPS) is 10.9. The molecule has 1 amide bonds. The summed E-state index contributed by atoms with van der Waals surface area (Å²) in [5, 5.41) is 7.71. The van der Waals surface area contributed by atoms with Gasteiger partial charge in [0.25, 0.3) is 0 Å². The first-order chi connectivity index (χ1) is 15.0. The van der Waals surface area contributed by atoms with Crippen molar-refractivity contribution >= 4 is 34.8 Å². The zero-order chi connectivity index (χ0) is 21.8. The quantitative estimate of drug-likeness (QED) is 0.384. The average molecular weight is 455 g/mol. The van der Waals surface area contributed by atoms with E-state index in [2.05, 4.69) is 20.0 Å². The summed E-state index contributed by atoms with van der Waals surface area (Å²) in [6, 6.07) is 13.0. The Morgan fingerprint density at radius 1 is 1.13 bits per heavy atom. The fraction of sp³-hybridized carbons (Fsp3) is 0.174. The molecule has 1 N–H and O–H groups in total. The highest BCUT2D eigenvalue weighted by atomic mass is 35.5. The maximum Gasteiger partial charge on any atom is 0.224 e. The van der Waals surface area contributed by atoms with E-state index in [0.717, 1.165) is 34.7 Å². The molecule has 158 valence electrons. The van der Waals surface area contributed by atoms with Crippen LogP contribution in [0.15, 0.2) is 65.6 Å². The maximum absolute atomic E-state index is 12.4. The van der Waals surface area contributed by atoms with E-state index < -0.39 is 0 Å². The van der Waals surface area contributed by atoms with Crippen LogP contribution in [0.4, 0.5) is 5.69 Å². The van der Waals surface area contributed by atoms with Crippen molar-refractivity contribution in [1.82, 2.24) is 14.7 Å². The highest BCUT2D eigenvalue weighted by Crippen LogP contribution is 2.30. The zero-order valence-corrected chi connectivity index (χ0v) is 18.3. The van der Waals surface area contributed by atoms with Crippen LogP contribution in [-0.2, 0) is 17.8 Å². The van der Waals surface area contributed by atoms with Crippen LogP contribution in [0.25, 0.3) is 11.3 Å². The Bertz CT molecular complexity index is 1200. The maximum atomic E-state index is 12.4. The minimum absolute atomic E-state index is 0.0838. The smallest absolute Gasteiger partial charge is 0.224 e. The number of imidazole rings is 1. The molecular weight excluding hydrogens is 435 g/mol. The summed E-state index contributed by atoms with van der Waals surface area (Å²) in [7, 11) is 0. The predicted octanol–water partition coefficient (Wildman–Crippen LogP) is 5.77. The lowest BCUT2D eigenvalue weighted by Gasteiger charge is -2.08. The molecule has 4 rings (SSSR count). The molecule has 2 aromatic carbocycles. The number of carbonyl (C=O) groups excluding carboxylic acids is 1. The predicted molar refractivity (Wildman–Crippen MR) is 121 cm³/mol. The molecule has 6 nitrogen and oxygen atoms in total. The average Bonchev–Trinajstić information content (AvgIpc) is 3.39. The Labute approximate surface area is 189 Å². The molecule has 0 saturated heterocycles. The standard InChI is InChI=1S/C23H20Cl2N4O2/c1-15-26-10-11-29(15)14-16-2-6-19(7-3-16)28-22(30)9-5-18-13-27-31-23(18)17-4-8-20(24)21(25)12-17/h2-4,6-8,10-13H,5,9,14H2,1H3,(H,28,30). The lowest BCUT2D eigenvalue weighted by molar-refractivity contribution is -0.116. The number of nitrogens with one attached hydrogen (secondary N) is 1. The summed E-state index contributed by atoms with van der Waals surface area (Å²) in [6.07, 6.45) is 6.14. The van der Waals surface area contributed by atoms with Crippen LogP contribution in [0.2, 0.25) is 10.0 Å². The van der Waals surface area contributed by atoms with Crippen molar-refractivity contribution in [1.29, 1.82) is 0 Å². The van der Waals surface area contributed by atoms with Crippen LogP contribution in [0.1, 0.15) is 23.4 Å². The van der Waals surface area contributed by atoms with Gasteiger partial charge in [0.1, 0.15) is 5.82 Å². The van der Waals surface area contributed by atoms with E-state index in [1.807, 2.05) is 43.5 Å². The number of hydrogen-bond acceptors (Lipinski definition) is 4. The third kappa shape index (κ3) is 5.16. The molecule has 0 bridgehead atoms. The molecule has 0 spiro atoms. The molecule has 2 heterocycles. The first-order valence-corrected chi connectivity index (χ1v) is 10.5. The van der Waals surface area contributed by atoms with Gasteiger partial charge in [-0.15, -0.1) is 0 Å². The van der Waals surface area contributed by atoms with Crippen LogP contribution < -0.4 is 5.32 Å². The SMILES string of the molecule is Cc1nccn1Cc1ccc(NC(=O)CCc2cnoc2-c2ccc(Cl)c(Cl)c2)cc1. The number of halogens is 2. The summed E-state index contributed by atoms with van der Waals surface area (Å²) < 4.78 is 7.44. The second-order valence-corrected chi connectivity index (χ2v) is 7.97. The number of carbonyl (C=O) groups is 1. The van der Waals surface area contributed by atoms with Gasteiger partial charge in [-0.2, -0.15) is 0 Å². The van der Waals surface area contributed by atoms with E-state index in [-0.39, 0.29) is 5.91 Å². The van der Waals surface area contributed by atoms with Gasteiger partial charge in [-0.1, -0.05) is 40.5 Å². The van der Waals surface area contributed by atoms with Gasteiger partial charge in [0.05, 0.1) is 16.2 Å². The third-order valence-electron chi connectivity index (χ3n) is 4.96. The van der Waals surface area contributed by atoms with Gasteiger partial charge in [0.2, 0.25) is 5.91 Å². The third-order valence-corrected chi connectivity index (χ3v) is 5.70. The molecule has 0 radical (unpaired) electrons. The summed E-state index contributed by atoms with van der Waals surface area (Å²) in [6.45, 7) is 2.71. The van der Waals surface area contributed by atoms with Gasteiger partial charge in [-0.05, 0) is 49.2 Å². The molecule has 0 fully saturated rings. The topological polar surface area (TPSA) is 73.0 Å². The summed E-state index contributed by atoms with van der Waals surface area (Å²) >= 11 is 12.1. The summed E-state index contributed by atoms with van der Waals surface area (Å²) in [4.78, 5) is 16.7. The Kier molecular flexibility index (Phi) is 6.39. The monoisotopic (exact) mass is 454 g/mol. The molecule has 2 aromatic heterocycles. The highest BCUT2D eigenvalue weighted by Gasteiger charge is 2.14. The van der Waals surface area contributed by atoms with Gasteiger partial charge in [-0.3, -0.25) is 4.79 Å². The molecule has 4 aromatic rings. The molecule has 0 unspecified atom stereocenters. The van der Waals surface area contributed by atoms with Gasteiger partial charge in [-0.25, -0.2) is 4.98 Å². The first-order valence-electron chi connectivity index (χ1n) is 9.75. The number of anilines is 1. The minimum Gasteiger partial charge on any atom is -0.356 e. The second kappa shape index (κ2) is 9.37. The van der Waals surface area contributed by atoms with E-state index in [0.29, 0.717) is 28.6 Å². The Hall–Kier alpha value is -3.09. The summed E-state index contributed by atoms with van der Waals surface area (Å²) in [5.41, 5.74) is 3.49. The van der Waals surface area contributed by atoms with Crippen molar-refractivity contribution in [2.45, 2.75) is 26.3 Å². The van der Waals surface area contributed by atoms with Crippen LogP contribution in [0, 0.1) is 6.92 Å². The van der Waals surface area contributed by atoms with Gasteiger partial charge in [0, 0.05) is 42.2 Å². The molecule has 0 atom stereocenters. The Morgan fingerprint density at radius 3 is 2.65 bits per heavy atom. The van der Waals surface area contributed by atoms with Gasteiger partial charge in [0.15, 0.2) is 5.76 Å². The van der Waals surface area contributed by atoms with E-state index >= 15 is 0 Å². The van der Waals surface area contributed by atoms with Crippen molar-refractivity contribution in [2.75, 3.05) is 5.32 Å². The number of amides is 1. The lowest BCUT2D eigenvalue weighted by atomic mass is 10.1. The fourth-order valence-corrected chi connectivity index (χ4v) is 3.54. The van der Waals surface area contributed by atoms with E-state index in [4.69, 9.17) is 27.7 Å². The lowest BCUT2D eigenvalue weighted by Crippen LogP contribution is -2.12. The number of hydrogen-bond donors (Lipinski definition) is 1. The van der Waals surface area contributed by atoms with Crippen molar-refractivity contribution in [3.05, 3.63) is 88.1 Å². The highest BCUT2D eigenvalue weighted by molar-refractivity contribution is 6.42. The number of aryl methyl sites for hydroxylation is 2. The van der Waals surface area contributed by atoms with Crippen molar-refractivity contribution in [3.8, 4) is 11.3 Å². The second-order valence-electron chi connectivity index (χ2n) is 7.16.